The largest absolute Gasteiger partial charge is 0.497 e. The van der Waals surface area contributed by atoms with Gasteiger partial charge in [0.1, 0.15) is 5.75 Å². The summed E-state index contributed by atoms with van der Waals surface area (Å²) in [6.07, 6.45) is -0.0152. The number of rotatable bonds is 4. The highest BCUT2D eigenvalue weighted by Gasteiger charge is 2.48. The summed E-state index contributed by atoms with van der Waals surface area (Å²) in [5.74, 6) is 0.610. The molecule has 1 aromatic rings. The number of ether oxygens (including phenoxy) is 1. The smallest absolute Gasteiger partial charge is 0.240 e. The van der Waals surface area contributed by atoms with Crippen LogP contribution in [0.1, 0.15) is 20.3 Å². The zero-order valence-electron chi connectivity index (χ0n) is 11.3. The molecule has 2 rings (SSSR count). The Kier molecular flexibility index (Phi) is 3.59. The molecule has 19 heavy (non-hydrogen) atoms. The molecule has 0 bridgehead atoms. The summed E-state index contributed by atoms with van der Waals surface area (Å²) in [5.41, 5.74) is -0.431. The van der Waals surface area contributed by atoms with Gasteiger partial charge < -0.3 is 9.84 Å². The zero-order chi connectivity index (χ0) is 14.3. The van der Waals surface area contributed by atoms with E-state index in [0.717, 1.165) is 0 Å². The van der Waals surface area contributed by atoms with Crippen molar-refractivity contribution in [3.8, 4) is 5.75 Å². The minimum absolute atomic E-state index is 0.200. The lowest BCUT2D eigenvalue weighted by Crippen LogP contribution is -2.61. The molecular weight excluding hydrogens is 266 g/mol. The van der Waals surface area contributed by atoms with Crippen LogP contribution in [0.5, 0.6) is 5.75 Å². The highest BCUT2D eigenvalue weighted by molar-refractivity contribution is 7.89. The van der Waals surface area contributed by atoms with Crippen LogP contribution in [-0.2, 0) is 10.0 Å². The number of benzene rings is 1. The maximum Gasteiger partial charge on any atom is 0.240 e. The maximum absolute atomic E-state index is 12.2. The second-order valence-corrected chi connectivity index (χ2v) is 7.14. The van der Waals surface area contributed by atoms with Crippen LogP contribution in [0, 0.1) is 5.41 Å². The number of hydrogen-bond donors (Lipinski definition) is 2. The van der Waals surface area contributed by atoms with E-state index in [4.69, 9.17) is 4.74 Å². The summed E-state index contributed by atoms with van der Waals surface area (Å²) in [7, 11) is -2.03. The van der Waals surface area contributed by atoms with Crippen LogP contribution in [0.25, 0.3) is 0 Å². The number of sulfonamides is 1. The summed E-state index contributed by atoms with van der Waals surface area (Å²) >= 11 is 0. The number of methoxy groups -OCH3 is 1. The number of hydrogen-bond acceptors (Lipinski definition) is 4. The Labute approximate surface area is 113 Å². The zero-order valence-corrected chi connectivity index (χ0v) is 12.1. The SMILES string of the molecule is COc1ccc(S(=O)(=O)NC2CC(O)C2(C)C)cc1. The van der Waals surface area contributed by atoms with Crippen LogP contribution < -0.4 is 9.46 Å². The molecular formula is C13H19NO4S. The van der Waals surface area contributed by atoms with Crippen molar-refractivity contribution in [2.45, 2.75) is 37.3 Å². The molecule has 0 radical (unpaired) electrons. The Balaban J connectivity index is 2.14. The van der Waals surface area contributed by atoms with E-state index in [2.05, 4.69) is 4.72 Å². The first-order valence-electron chi connectivity index (χ1n) is 6.12. The minimum atomic E-state index is -3.56. The first-order valence-corrected chi connectivity index (χ1v) is 7.60. The number of aliphatic hydroxyl groups is 1. The van der Waals surface area contributed by atoms with Crippen molar-refractivity contribution in [2.24, 2.45) is 5.41 Å². The third-order valence-electron chi connectivity index (χ3n) is 3.88. The van der Waals surface area contributed by atoms with Crippen LogP contribution in [0.4, 0.5) is 0 Å². The van der Waals surface area contributed by atoms with Crippen LogP contribution in [0.15, 0.2) is 29.2 Å². The van der Waals surface area contributed by atoms with Gasteiger partial charge >= 0.3 is 0 Å². The molecule has 0 heterocycles. The normalized spacial score (nSPS) is 25.7. The van der Waals surface area contributed by atoms with Gasteiger partial charge in [-0.25, -0.2) is 13.1 Å². The van der Waals surface area contributed by atoms with Crippen molar-refractivity contribution in [2.75, 3.05) is 7.11 Å². The predicted molar refractivity (Wildman–Crippen MR) is 71.5 cm³/mol. The van der Waals surface area contributed by atoms with Crippen LogP contribution in [0.3, 0.4) is 0 Å². The Hall–Kier alpha value is -1.11. The summed E-state index contributed by atoms with van der Waals surface area (Å²) in [6.45, 7) is 3.70. The molecule has 2 unspecified atom stereocenters. The molecule has 6 heteroatoms. The van der Waals surface area contributed by atoms with E-state index in [1.807, 2.05) is 13.8 Å². The summed E-state index contributed by atoms with van der Waals surface area (Å²) < 4.78 is 32.0. The fraction of sp³-hybridized carbons (Fsp3) is 0.538. The second-order valence-electron chi connectivity index (χ2n) is 5.42. The molecule has 0 aromatic heterocycles. The minimum Gasteiger partial charge on any atom is -0.497 e. The van der Waals surface area contributed by atoms with Gasteiger partial charge in [0, 0.05) is 11.5 Å². The van der Waals surface area contributed by atoms with Crippen LogP contribution in [0.2, 0.25) is 0 Å². The molecule has 0 saturated heterocycles. The van der Waals surface area contributed by atoms with E-state index >= 15 is 0 Å². The van der Waals surface area contributed by atoms with Gasteiger partial charge in [-0.2, -0.15) is 0 Å². The van der Waals surface area contributed by atoms with E-state index < -0.39 is 21.5 Å². The van der Waals surface area contributed by atoms with Gasteiger partial charge in [0.25, 0.3) is 0 Å². The molecule has 106 valence electrons. The summed E-state index contributed by atoms with van der Waals surface area (Å²) in [6, 6.07) is 5.98. The Morgan fingerprint density at radius 1 is 1.32 bits per heavy atom. The quantitative estimate of drug-likeness (QED) is 0.869. The number of aliphatic hydroxyl groups excluding tert-OH is 1. The highest BCUT2D eigenvalue weighted by Crippen LogP contribution is 2.41. The second kappa shape index (κ2) is 4.77. The van der Waals surface area contributed by atoms with E-state index in [0.29, 0.717) is 12.2 Å². The lowest BCUT2D eigenvalue weighted by molar-refractivity contribution is -0.0645. The molecule has 1 saturated carbocycles. The molecule has 0 spiro atoms. The number of nitrogens with one attached hydrogen (secondary N) is 1. The summed E-state index contributed by atoms with van der Waals surface area (Å²) in [4.78, 5) is 0.200. The van der Waals surface area contributed by atoms with Gasteiger partial charge in [0.15, 0.2) is 0 Å². The highest BCUT2D eigenvalue weighted by atomic mass is 32.2. The molecule has 1 fully saturated rings. The maximum atomic E-state index is 12.2. The monoisotopic (exact) mass is 285 g/mol. The molecule has 2 N–H and O–H groups in total. The third kappa shape index (κ3) is 2.61. The molecule has 1 aliphatic rings. The third-order valence-corrected chi connectivity index (χ3v) is 5.37. The fourth-order valence-corrected chi connectivity index (χ4v) is 3.52. The fourth-order valence-electron chi connectivity index (χ4n) is 2.11. The van der Waals surface area contributed by atoms with Crippen molar-refractivity contribution in [3.63, 3.8) is 0 Å². The first-order chi connectivity index (χ1) is 8.77. The van der Waals surface area contributed by atoms with Crippen molar-refractivity contribution in [1.82, 2.24) is 4.72 Å². The van der Waals surface area contributed by atoms with Gasteiger partial charge in [-0.1, -0.05) is 13.8 Å². The molecule has 1 aromatic carbocycles. The molecule has 0 amide bonds. The van der Waals surface area contributed by atoms with E-state index in [1.165, 1.54) is 19.2 Å². The van der Waals surface area contributed by atoms with Gasteiger partial charge in [-0.3, -0.25) is 0 Å². The van der Waals surface area contributed by atoms with Gasteiger partial charge in [0.2, 0.25) is 10.0 Å². The van der Waals surface area contributed by atoms with Gasteiger partial charge in [0.05, 0.1) is 18.1 Å². The Morgan fingerprint density at radius 3 is 2.32 bits per heavy atom. The molecule has 1 aliphatic carbocycles. The van der Waals surface area contributed by atoms with Gasteiger partial charge in [-0.05, 0) is 30.7 Å². The molecule has 5 nitrogen and oxygen atoms in total. The van der Waals surface area contributed by atoms with Crippen molar-refractivity contribution in [1.29, 1.82) is 0 Å². The van der Waals surface area contributed by atoms with E-state index in [9.17, 15) is 13.5 Å². The lowest BCUT2D eigenvalue weighted by Gasteiger charge is -2.49. The van der Waals surface area contributed by atoms with Crippen molar-refractivity contribution in [3.05, 3.63) is 24.3 Å². The van der Waals surface area contributed by atoms with Crippen molar-refractivity contribution < 1.29 is 18.3 Å². The first kappa shape index (κ1) is 14.3. The molecule has 0 aliphatic heterocycles. The molecule has 2 atom stereocenters. The summed E-state index contributed by atoms with van der Waals surface area (Å²) in [5, 5.41) is 9.63. The average molecular weight is 285 g/mol. The lowest BCUT2D eigenvalue weighted by atomic mass is 9.65. The van der Waals surface area contributed by atoms with Crippen LogP contribution in [-0.4, -0.2) is 32.8 Å². The van der Waals surface area contributed by atoms with E-state index in [-0.39, 0.29) is 10.9 Å². The Bertz CT molecular complexity index is 551. The Morgan fingerprint density at radius 2 is 1.89 bits per heavy atom. The predicted octanol–water partition coefficient (Wildman–Crippen LogP) is 1.13. The standard InChI is InChI=1S/C13H19NO4S/c1-13(2)11(8-12(13)15)14-19(16,17)10-6-4-9(18-3)5-7-10/h4-7,11-12,14-15H,8H2,1-3H3. The van der Waals surface area contributed by atoms with Crippen LogP contribution >= 0.6 is 0 Å². The van der Waals surface area contributed by atoms with Crippen molar-refractivity contribution >= 4 is 10.0 Å². The van der Waals surface area contributed by atoms with E-state index in [1.54, 1.807) is 12.1 Å². The average Bonchev–Trinajstić information content (AvgIpc) is 2.38. The van der Waals surface area contributed by atoms with Gasteiger partial charge in [-0.15, -0.1) is 0 Å². The topological polar surface area (TPSA) is 75.6 Å².